The van der Waals surface area contributed by atoms with Crippen molar-refractivity contribution in [2.75, 3.05) is 7.05 Å². The van der Waals surface area contributed by atoms with Crippen molar-refractivity contribution in [1.29, 1.82) is 0 Å². The van der Waals surface area contributed by atoms with Crippen LogP contribution in [0.4, 0.5) is 0 Å². The normalized spacial score (nSPS) is 12.3. The molecule has 1 aromatic heterocycles. The number of hydrogen-bond acceptors (Lipinski definition) is 4. The summed E-state index contributed by atoms with van der Waals surface area (Å²) >= 11 is 0. The molecule has 0 bridgehead atoms. The van der Waals surface area contributed by atoms with E-state index in [9.17, 15) is 0 Å². The summed E-state index contributed by atoms with van der Waals surface area (Å²) in [5.41, 5.74) is 14.2. The minimum atomic E-state index is -0.0213. The summed E-state index contributed by atoms with van der Waals surface area (Å²) in [5.74, 6) is 1.88. The van der Waals surface area contributed by atoms with E-state index in [0.717, 1.165) is 56.6 Å². The zero-order valence-corrected chi connectivity index (χ0v) is 34.5. The topological polar surface area (TPSA) is 51.0 Å². The van der Waals surface area contributed by atoms with Crippen molar-refractivity contribution >= 4 is 5.71 Å². The molecule has 0 aliphatic carbocycles. The van der Waals surface area contributed by atoms with Crippen molar-refractivity contribution in [3.63, 3.8) is 0 Å². The summed E-state index contributed by atoms with van der Waals surface area (Å²) < 4.78 is 0. The molecule has 0 N–H and O–H groups in total. The number of aromatic nitrogens is 3. The molecule has 4 nitrogen and oxygen atoms in total. The Balaban J connectivity index is 1.50. The molecule has 0 aliphatic rings. The molecule has 0 spiro atoms. The van der Waals surface area contributed by atoms with E-state index in [0.29, 0.717) is 17.5 Å². The van der Waals surface area contributed by atoms with Gasteiger partial charge in [-0.2, -0.15) is 0 Å². The van der Waals surface area contributed by atoms with Gasteiger partial charge in [-0.15, -0.1) is 0 Å². The molecule has 0 aliphatic heterocycles. The lowest BCUT2D eigenvalue weighted by Gasteiger charge is -2.26. The van der Waals surface area contributed by atoms with Crippen molar-refractivity contribution in [3.8, 4) is 67.5 Å². The lowest BCUT2D eigenvalue weighted by molar-refractivity contribution is 0.569. The van der Waals surface area contributed by atoms with Gasteiger partial charge in [-0.1, -0.05) is 181 Å². The Morgan fingerprint density at radius 3 is 1.37 bits per heavy atom. The van der Waals surface area contributed by atoms with Gasteiger partial charge in [0.05, 0.1) is 0 Å². The standard InChI is InChI=1S/C53H52N4/c1-36(54-8)20-19-21-37-30-40(41-33-43(52(2,3)4)35-44(34-41)53(5,6)7)32-42(31-37)49-55-50(47-28-17-15-26-45(47)38-22-11-9-12-23-38)57-51(56-49)48-29-18-16-27-46(48)39-24-13-10-14-25-39/h9-20,22-35H,21H2,1-8H3/b20-19-,54-36-. The second-order valence-electron chi connectivity index (χ2n) is 16.8. The van der Waals surface area contributed by atoms with E-state index in [1.54, 1.807) is 0 Å². The van der Waals surface area contributed by atoms with Crippen LogP contribution in [0.25, 0.3) is 67.5 Å². The van der Waals surface area contributed by atoms with Crippen LogP contribution in [0.3, 0.4) is 0 Å². The Labute approximate surface area is 339 Å². The number of benzene rings is 6. The molecule has 0 saturated carbocycles. The van der Waals surface area contributed by atoms with Gasteiger partial charge < -0.3 is 0 Å². The summed E-state index contributed by atoms with van der Waals surface area (Å²) in [7, 11) is 1.83. The van der Waals surface area contributed by atoms with Gasteiger partial charge in [-0.25, -0.2) is 15.0 Å². The third kappa shape index (κ3) is 9.08. The summed E-state index contributed by atoms with van der Waals surface area (Å²) in [6, 6.07) is 51.6. The largest absolute Gasteiger partial charge is 0.293 e. The van der Waals surface area contributed by atoms with E-state index < -0.39 is 0 Å². The highest BCUT2D eigenvalue weighted by molar-refractivity contribution is 5.92. The van der Waals surface area contributed by atoms with Crippen molar-refractivity contribution in [2.45, 2.75) is 65.7 Å². The van der Waals surface area contributed by atoms with Crippen molar-refractivity contribution in [2.24, 2.45) is 4.99 Å². The first-order chi connectivity index (χ1) is 27.4. The third-order valence-corrected chi connectivity index (χ3v) is 10.5. The number of rotatable bonds is 9. The Bertz CT molecular complexity index is 2430. The number of allylic oxidation sites excluding steroid dienone is 2. The first-order valence-corrected chi connectivity index (χ1v) is 19.8. The van der Waals surface area contributed by atoms with Crippen molar-refractivity contribution in [1.82, 2.24) is 15.0 Å². The fourth-order valence-electron chi connectivity index (χ4n) is 7.05. The fraction of sp³-hybridized carbons (Fsp3) is 0.208. The smallest absolute Gasteiger partial charge is 0.164 e. The molecule has 7 rings (SSSR count). The molecule has 0 atom stereocenters. The van der Waals surface area contributed by atoms with E-state index >= 15 is 0 Å². The Hall–Kier alpha value is -6.26. The molecule has 1 heterocycles. The minimum absolute atomic E-state index is 0.0213. The van der Waals surface area contributed by atoms with Crippen LogP contribution >= 0.6 is 0 Å². The average Bonchev–Trinajstić information content (AvgIpc) is 3.23. The van der Waals surface area contributed by atoms with E-state index in [-0.39, 0.29) is 10.8 Å². The van der Waals surface area contributed by atoms with Crippen LogP contribution in [-0.2, 0) is 17.3 Å². The number of hydrogen-bond donors (Lipinski definition) is 0. The maximum atomic E-state index is 5.34. The molecule has 7 aromatic rings. The summed E-state index contributed by atoms with van der Waals surface area (Å²) in [5, 5.41) is 0. The second-order valence-corrected chi connectivity index (χ2v) is 16.8. The molecule has 0 radical (unpaired) electrons. The van der Waals surface area contributed by atoms with Crippen LogP contribution < -0.4 is 0 Å². The highest BCUT2D eigenvalue weighted by Crippen LogP contribution is 2.38. The maximum Gasteiger partial charge on any atom is 0.164 e. The van der Waals surface area contributed by atoms with Gasteiger partial charge in [0.1, 0.15) is 0 Å². The van der Waals surface area contributed by atoms with Gasteiger partial charge in [0.25, 0.3) is 0 Å². The van der Waals surface area contributed by atoms with Crippen LogP contribution in [0.15, 0.2) is 163 Å². The average molecular weight is 745 g/mol. The second kappa shape index (κ2) is 16.5. The van der Waals surface area contributed by atoms with Gasteiger partial charge in [-0.3, -0.25) is 4.99 Å². The maximum absolute atomic E-state index is 5.34. The van der Waals surface area contributed by atoms with Crippen LogP contribution in [0, 0.1) is 0 Å². The van der Waals surface area contributed by atoms with E-state index in [4.69, 9.17) is 15.0 Å². The first-order valence-electron chi connectivity index (χ1n) is 19.8. The lowest BCUT2D eigenvalue weighted by Crippen LogP contribution is -2.16. The highest BCUT2D eigenvalue weighted by atomic mass is 15.0. The lowest BCUT2D eigenvalue weighted by atomic mass is 9.78. The predicted molar refractivity (Wildman–Crippen MR) is 242 cm³/mol. The van der Waals surface area contributed by atoms with E-state index in [2.05, 4.69) is 192 Å². The molecule has 284 valence electrons. The number of nitrogens with zero attached hydrogens (tertiary/aromatic N) is 4. The highest BCUT2D eigenvalue weighted by Gasteiger charge is 2.23. The Kier molecular flexibility index (Phi) is 11.3. The van der Waals surface area contributed by atoms with Gasteiger partial charge >= 0.3 is 0 Å². The molecule has 6 aromatic carbocycles. The molecular weight excluding hydrogens is 693 g/mol. The van der Waals surface area contributed by atoms with Crippen LogP contribution in [-0.4, -0.2) is 27.7 Å². The zero-order chi connectivity index (χ0) is 40.2. The third-order valence-electron chi connectivity index (χ3n) is 10.5. The molecule has 0 unspecified atom stereocenters. The van der Waals surface area contributed by atoms with E-state index in [1.807, 2.05) is 26.1 Å². The van der Waals surface area contributed by atoms with Crippen molar-refractivity contribution in [3.05, 3.63) is 174 Å². The summed E-state index contributed by atoms with van der Waals surface area (Å²) in [4.78, 5) is 20.3. The van der Waals surface area contributed by atoms with Crippen LogP contribution in [0.1, 0.15) is 65.2 Å². The summed E-state index contributed by atoms with van der Waals surface area (Å²) in [6.07, 6.45) is 5.01. The number of aliphatic imine (C=N–C) groups is 1. The summed E-state index contributed by atoms with van der Waals surface area (Å²) in [6.45, 7) is 15.8. The van der Waals surface area contributed by atoms with Crippen LogP contribution in [0.5, 0.6) is 0 Å². The zero-order valence-electron chi connectivity index (χ0n) is 34.5. The van der Waals surface area contributed by atoms with Crippen molar-refractivity contribution < 1.29 is 0 Å². The fourth-order valence-corrected chi connectivity index (χ4v) is 7.05. The SMILES string of the molecule is C/N=C(C)\C=C/Cc1cc(-c2cc(C(C)(C)C)cc(C(C)(C)C)c2)cc(-c2nc(-c3ccccc3-c3ccccc3)nc(-c3ccccc3-c3ccccc3)n2)c1. The van der Waals surface area contributed by atoms with Gasteiger partial charge in [0, 0.05) is 29.4 Å². The van der Waals surface area contributed by atoms with Gasteiger partial charge in [-0.05, 0) is 92.5 Å². The van der Waals surface area contributed by atoms with E-state index in [1.165, 1.54) is 22.3 Å². The van der Waals surface area contributed by atoms with Crippen LogP contribution in [0.2, 0.25) is 0 Å². The molecule has 0 saturated heterocycles. The molecule has 57 heavy (non-hydrogen) atoms. The molecule has 0 fully saturated rings. The minimum Gasteiger partial charge on any atom is -0.293 e. The first kappa shape index (κ1) is 39.0. The Morgan fingerprint density at radius 2 is 0.895 bits per heavy atom. The predicted octanol–water partition coefficient (Wildman–Crippen LogP) is 13.7. The molecular formula is C53H52N4. The Morgan fingerprint density at radius 1 is 0.474 bits per heavy atom. The molecule has 4 heteroatoms. The monoisotopic (exact) mass is 744 g/mol. The molecule has 0 amide bonds. The van der Waals surface area contributed by atoms with Gasteiger partial charge in [0.2, 0.25) is 0 Å². The quantitative estimate of drug-likeness (QED) is 0.138. The van der Waals surface area contributed by atoms with Gasteiger partial charge in [0.15, 0.2) is 17.5 Å².